The molecule has 0 aromatic carbocycles. The predicted octanol–water partition coefficient (Wildman–Crippen LogP) is 3.12. The standard InChI is InChI=1S/C17H31N3O.HI/c1-12-7-9-20(10-8-12)16(18-4)19-14-13-6-5-11-21-15(13)17(14,2)3;/h12-15H,5-11H2,1-4H3,(H,18,19);1H. The van der Waals surface area contributed by atoms with E-state index in [1.165, 1.54) is 25.7 Å². The molecule has 3 atom stereocenters. The molecule has 0 bridgehead atoms. The van der Waals surface area contributed by atoms with Crippen molar-refractivity contribution in [3.05, 3.63) is 0 Å². The molecule has 3 aliphatic rings. The molecule has 2 saturated heterocycles. The Morgan fingerprint density at radius 3 is 2.55 bits per heavy atom. The summed E-state index contributed by atoms with van der Waals surface area (Å²) in [6.45, 7) is 10.2. The average molecular weight is 421 g/mol. The van der Waals surface area contributed by atoms with Crippen LogP contribution in [0.15, 0.2) is 4.99 Å². The molecule has 2 heterocycles. The molecule has 4 nitrogen and oxygen atoms in total. The van der Waals surface area contributed by atoms with E-state index in [4.69, 9.17) is 4.74 Å². The highest BCUT2D eigenvalue weighted by Gasteiger charge is 2.58. The zero-order valence-corrected chi connectivity index (χ0v) is 16.8. The summed E-state index contributed by atoms with van der Waals surface area (Å²) in [6, 6.07) is 0.501. The van der Waals surface area contributed by atoms with Gasteiger partial charge in [-0.1, -0.05) is 20.8 Å². The summed E-state index contributed by atoms with van der Waals surface area (Å²) < 4.78 is 6.00. The van der Waals surface area contributed by atoms with Crippen molar-refractivity contribution in [1.29, 1.82) is 0 Å². The number of rotatable bonds is 1. The van der Waals surface area contributed by atoms with Crippen LogP contribution >= 0.6 is 24.0 Å². The monoisotopic (exact) mass is 421 g/mol. The first kappa shape index (κ1) is 18.3. The first-order valence-electron chi connectivity index (χ1n) is 8.64. The average Bonchev–Trinajstić information content (AvgIpc) is 2.49. The lowest BCUT2D eigenvalue weighted by Crippen LogP contribution is -2.71. The summed E-state index contributed by atoms with van der Waals surface area (Å²) in [5, 5.41) is 3.77. The van der Waals surface area contributed by atoms with E-state index in [1.807, 2.05) is 7.05 Å². The van der Waals surface area contributed by atoms with Crippen LogP contribution in [0.5, 0.6) is 0 Å². The van der Waals surface area contributed by atoms with Gasteiger partial charge in [-0.05, 0) is 31.6 Å². The van der Waals surface area contributed by atoms with Crippen LogP contribution in [-0.2, 0) is 4.74 Å². The van der Waals surface area contributed by atoms with E-state index in [1.54, 1.807) is 0 Å². The van der Waals surface area contributed by atoms with Gasteiger partial charge in [0.2, 0.25) is 0 Å². The second kappa shape index (κ2) is 7.24. The van der Waals surface area contributed by atoms with Crippen molar-refractivity contribution >= 4 is 29.9 Å². The van der Waals surface area contributed by atoms with E-state index >= 15 is 0 Å². The number of halogens is 1. The SMILES string of the molecule is CN=C(NC1C2CCCOC2C1(C)C)N1CCC(C)CC1.I. The zero-order chi connectivity index (χ0) is 15.0. The highest BCUT2D eigenvalue weighted by Crippen LogP contribution is 2.51. The summed E-state index contributed by atoms with van der Waals surface area (Å²) in [5.41, 5.74) is 0.212. The van der Waals surface area contributed by atoms with Gasteiger partial charge in [-0.3, -0.25) is 4.99 Å². The fourth-order valence-corrected chi connectivity index (χ4v) is 4.47. The topological polar surface area (TPSA) is 36.9 Å². The lowest BCUT2D eigenvalue weighted by atomic mass is 9.55. The predicted molar refractivity (Wildman–Crippen MR) is 102 cm³/mol. The van der Waals surface area contributed by atoms with Crippen LogP contribution in [0, 0.1) is 17.3 Å². The van der Waals surface area contributed by atoms with Gasteiger partial charge in [-0.25, -0.2) is 0 Å². The van der Waals surface area contributed by atoms with Crippen molar-refractivity contribution in [2.45, 2.75) is 58.6 Å². The molecule has 0 radical (unpaired) electrons. The molecule has 3 fully saturated rings. The Kier molecular flexibility index (Phi) is 6.02. The third-order valence-electron chi connectivity index (χ3n) is 5.91. The summed E-state index contributed by atoms with van der Waals surface area (Å²) in [5.74, 6) is 2.62. The maximum absolute atomic E-state index is 6.00. The highest BCUT2D eigenvalue weighted by molar-refractivity contribution is 14.0. The maximum Gasteiger partial charge on any atom is 0.193 e. The Morgan fingerprint density at radius 2 is 1.91 bits per heavy atom. The smallest absolute Gasteiger partial charge is 0.193 e. The molecular formula is C17H32IN3O. The van der Waals surface area contributed by atoms with E-state index in [0.717, 1.165) is 31.6 Å². The molecule has 3 rings (SSSR count). The second-order valence-electron chi connectivity index (χ2n) is 7.76. The minimum atomic E-state index is 0. The van der Waals surface area contributed by atoms with Crippen LogP contribution in [0.4, 0.5) is 0 Å². The van der Waals surface area contributed by atoms with Crippen LogP contribution in [0.2, 0.25) is 0 Å². The van der Waals surface area contributed by atoms with Crippen LogP contribution in [0.1, 0.15) is 46.5 Å². The largest absolute Gasteiger partial charge is 0.377 e. The third-order valence-corrected chi connectivity index (χ3v) is 5.91. The van der Waals surface area contributed by atoms with Gasteiger partial charge in [0, 0.05) is 44.1 Å². The van der Waals surface area contributed by atoms with Gasteiger partial charge in [-0.2, -0.15) is 0 Å². The molecule has 0 aromatic heterocycles. The van der Waals surface area contributed by atoms with Gasteiger partial charge in [0.15, 0.2) is 5.96 Å². The van der Waals surface area contributed by atoms with Crippen LogP contribution < -0.4 is 5.32 Å². The highest BCUT2D eigenvalue weighted by atomic mass is 127. The Labute approximate surface area is 152 Å². The number of aliphatic imine (C=N–C) groups is 1. The molecule has 1 saturated carbocycles. The minimum Gasteiger partial charge on any atom is -0.377 e. The maximum atomic E-state index is 6.00. The molecule has 5 heteroatoms. The van der Waals surface area contributed by atoms with Crippen LogP contribution in [0.25, 0.3) is 0 Å². The van der Waals surface area contributed by atoms with Crippen LogP contribution in [0.3, 0.4) is 0 Å². The fourth-order valence-electron chi connectivity index (χ4n) is 4.47. The van der Waals surface area contributed by atoms with Crippen molar-refractivity contribution in [2.24, 2.45) is 22.2 Å². The van der Waals surface area contributed by atoms with Gasteiger partial charge in [0.1, 0.15) is 0 Å². The van der Waals surface area contributed by atoms with Crippen molar-refractivity contribution in [1.82, 2.24) is 10.2 Å². The number of fused-ring (bicyclic) bond motifs is 1. The van der Waals surface area contributed by atoms with Crippen molar-refractivity contribution < 1.29 is 4.74 Å². The number of nitrogens with one attached hydrogen (secondary N) is 1. The zero-order valence-electron chi connectivity index (χ0n) is 14.5. The van der Waals surface area contributed by atoms with Crippen molar-refractivity contribution in [2.75, 3.05) is 26.7 Å². The molecule has 3 unspecified atom stereocenters. The fraction of sp³-hybridized carbons (Fsp3) is 0.941. The second-order valence-corrected chi connectivity index (χ2v) is 7.76. The van der Waals surface area contributed by atoms with Gasteiger partial charge >= 0.3 is 0 Å². The van der Waals surface area contributed by atoms with E-state index in [9.17, 15) is 0 Å². The van der Waals surface area contributed by atoms with E-state index in [-0.39, 0.29) is 29.4 Å². The number of hydrogen-bond donors (Lipinski definition) is 1. The normalized spacial score (nSPS) is 35.2. The Balaban J connectivity index is 0.00000176. The van der Waals surface area contributed by atoms with E-state index in [0.29, 0.717) is 18.1 Å². The molecule has 1 aliphatic carbocycles. The first-order chi connectivity index (χ1) is 10.0. The summed E-state index contributed by atoms with van der Waals surface area (Å²) in [4.78, 5) is 6.99. The van der Waals surface area contributed by atoms with Crippen molar-refractivity contribution in [3.63, 3.8) is 0 Å². The van der Waals surface area contributed by atoms with Gasteiger partial charge in [-0.15, -0.1) is 24.0 Å². The summed E-state index contributed by atoms with van der Waals surface area (Å²) in [6.07, 6.45) is 5.49. The number of ether oxygens (including phenoxy) is 1. The third kappa shape index (κ3) is 3.25. The van der Waals surface area contributed by atoms with E-state index in [2.05, 4.69) is 36.0 Å². The molecule has 2 aliphatic heterocycles. The molecule has 128 valence electrons. The summed E-state index contributed by atoms with van der Waals surface area (Å²) in [7, 11) is 1.92. The lowest BCUT2D eigenvalue weighted by Gasteiger charge is -2.60. The van der Waals surface area contributed by atoms with E-state index < -0.39 is 0 Å². The Bertz CT molecular complexity index is 405. The van der Waals surface area contributed by atoms with Crippen LogP contribution in [-0.4, -0.2) is 49.7 Å². The molecular weight excluding hydrogens is 389 g/mol. The molecule has 0 amide bonds. The van der Waals surface area contributed by atoms with Gasteiger partial charge < -0.3 is 15.0 Å². The number of hydrogen-bond acceptors (Lipinski definition) is 2. The Morgan fingerprint density at radius 1 is 1.23 bits per heavy atom. The lowest BCUT2D eigenvalue weighted by molar-refractivity contribution is -0.188. The Hall–Kier alpha value is -0.0400. The minimum absolute atomic E-state index is 0. The quantitative estimate of drug-likeness (QED) is 0.402. The molecule has 0 aromatic rings. The molecule has 0 spiro atoms. The number of nitrogens with zero attached hydrogens (tertiary/aromatic N) is 2. The number of guanidine groups is 1. The van der Waals surface area contributed by atoms with Gasteiger partial charge in [0.25, 0.3) is 0 Å². The van der Waals surface area contributed by atoms with Gasteiger partial charge in [0.05, 0.1) is 6.10 Å². The molecule has 22 heavy (non-hydrogen) atoms. The number of likely N-dealkylation sites (tertiary alicyclic amines) is 1. The summed E-state index contributed by atoms with van der Waals surface area (Å²) >= 11 is 0. The van der Waals surface area contributed by atoms with Crippen molar-refractivity contribution in [3.8, 4) is 0 Å². The number of piperidine rings is 1. The molecule has 1 N–H and O–H groups in total. The first-order valence-corrected chi connectivity index (χ1v) is 8.64.